The highest BCUT2D eigenvalue weighted by Crippen LogP contribution is 2.28. The zero-order valence-corrected chi connectivity index (χ0v) is 25.2. The van der Waals surface area contributed by atoms with Gasteiger partial charge in [-0.1, -0.05) is 62.1 Å². The van der Waals surface area contributed by atoms with Crippen LogP contribution in [0.2, 0.25) is 0 Å². The fraction of sp³-hybridized carbons (Fsp3) is 0.424. The summed E-state index contributed by atoms with van der Waals surface area (Å²) in [7, 11) is 0. The molecule has 0 radical (unpaired) electrons. The summed E-state index contributed by atoms with van der Waals surface area (Å²) in [5.41, 5.74) is 6.92. The molecule has 0 saturated carbocycles. The Balaban J connectivity index is 1.21. The van der Waals surface area contributed by atoms with E-state index < -0.39 is 0 Å². The van der Waals surface area contributed by atoms with Gasteiger partial charge in [0, 0.05) is 64.0 Å². The zero-order valence-electron chi connectivity index (χ0n) is 25.2. The molecule has 0 spiro atoms. The van der Waals surface area contributed by atoms with Gasteiger partial charge >= 0.3 is 0 Å². The lowest BCUT2D eigenvalue weighted by Gasteiger charge is -2.34. The lowest BCUT2D eigenvalue weighted by atomic mass is 10.1. The molecule has 4 rings (SSSR count). The highest BCUT2D eigenvalue weighted by molar-refractivity contribution is 5.91. The maximum absolute atomic E-state index is 11.0. The number of aromatic amines is 1. The maximum atomic E-state index is 11.0. The lowest BCUT2D eigenvalue weighted by molar-refractivity contribution is -0.129. The predicted molar refractivity (Wildman–Crippen MR) is 172 cm³/mol. The number of rotatable bonds is 17. The second-order valence-corrected chi connectivity index (χ2v) is 10.9. The first-order valence-corrected chi connectivity index (χ1v) is 15.1. The molecule has 1 aliphatic heterocycles. The van der Waals surface area contributed by atoms with E-state index in [1.165, 1.54) is 5.56 Å². The van der Waals surface area contributed by atoms with Gasteiger partial charge in [-0.3, -0.25) is 19.8 Å². The molecule has 1 aromatic carbocycles. The third kappa shape index (κ3) is 9.59. The van der Waals surface area contributed by atoms with E-state index >= 15 is 0 Å². The maximum Gasteiger partial charge on any atom is 0.243 e. The number of hydrogen-bond acceptors (Lipinski definition) is 8. The topological polar surface area (TPSA) is 119 Å². The Morgan fingerprint density at radius 2 is 1.86 bits per heavy atom. The van der Waals surface area contributed by atoms with Crippen molar-refractivity contribution in [1.82, 2.24) is 30.2 Å². The summed E-state index contributed by atoms with van der Waals surface area (Å²) in [4.78, 5) is 28.4. The number of benzene rings is 1. The summed E-state index contributed by atoms with van der Waals surface area (Å²) in [6.45, 7) is 17.3. The van der Waals surface area contributed by atoms with E-state index in [4.69, 9.17) is 9.94 Å². The second kappa shape index (κ2) is 16.7. The summed E-state index contributed by atoms with van der Waals surface area (Å²) in [5.74, 6) is 0.452. The van der Waals surface area contributed by atoms with E-state index in [-0.39, 0.29) is 11.9 Å². The van der Waals surface area contributed by atoms with E-state index in [1.54, 1.807) is 17.9 Å². The van der Waals surface area contributed by atoms with Crippen LogP contribution in [0, 0.1) is 0 Å². The number of H-pyrrole nitrogens is 1. The number of amides is 1. The number of hydroxylamine groups is 1. The van der Waals surface area contributed by atoms with Crippen LogP contribution in [-0.4, -0.2) is 87.8 Å². The Morgan fingerprint density at radius 3 is 2.58 bits per heavy atom. The van der Waals surface area contributed by atoms with Crippen molar-refractivity contribution in [2.24, 2.45) is 0 Å². The number of piperazine rings is 1. The van der Waals surface area contributed by atoms with Crippen LogP contribution in [0.15, 0.2) is 73.6 Å². The predicted octanol–water partition coefficient (Wildman–Crippen LogP) is 4.92. The Labute approximate surface area is 254 Å². The molecule has 4 N–H and O–H groups in total. The van der Waals surface area contributed by atoms with Gasteiger partial charge in [-0.25, -0.2) is 15.4 Å². The number of anilines is 1. The van der Waals surface area contributed by atoms with E-state index in [0.717, 1.165) is 98.8 Å². The Morgan fingerprint density at radius 1 is 1.09 bits per heavy atom. The summed E-state index contributed by atoms with van der Waals surface area (Å²) < 4.78 is 5.78. The molecule has 1 fully saturated rings. The molecule has 230 valence electrons. The van der Waals surface area contributed by atoms with Gasteiger partial charge in [0.25, 0.3) is 0 Å². The standard InChI is InChI=1S/C33H45N7O3/c1-4-9-27(5-2)25(3)36-32-29-22-30(37-33(29)35-24-34-32)28-13-11-26(12-14-28)23-40-17-15-39(16-18-40)19-21-43-20-8-6-7-10-31(41)38-42/h4-5,9,11-14,22,24-25,42H,1-2,6-8,10,15-21,23H2,3H3,(H,38,41)(H2,34,35,36,37)/b27-9+/t25-/m1/s1. The summed E-state index contributed by atoms with van der Waals surface area (Å²) in [6.07, 6.45) is 10.1. The first-order chi connectivity index (χ1) is 21.0. The molecule has 1 atom stereocenters. The third-order valence-electron chi connectivity index (χ3n) is 7.83. The minimum Gasteiger partial charge on any atom is -0.380 e. The quantitative estimate of drug-likeness (QED) is 0.0761. The minimum absolute atomic E-state index is 0.0260. The number of carbonyl (C=O) groups excluding carboxylic acids is 1. The molecule has 1 saturated heterocycles. The number of hydrogen-bond donors (Lipinski definition) is 4. The van der Waals surface area contributed by atoms with Gasteiger partial charge in [0.1, 0.15) is 17.8 Å². The molecule has 1 amide bonds. The van der Waals surface area contributed by atoms with Crippen LogP contribution in [0.5, 0.6) is 0 Å². The smallest absolute Gasteiger partial charge is 0.243 e. The molecule has 0 aliphatic carbocycles. The molecular formula is C33H45N7O3. The van der Waals surface area contributed by atoms with Crippen LogP contribution in [0.1, 0.15) is 38.2 Å². The molecule has 1 aliphatic rings. The molecule has 3 aromatic rings. The van der Waals surface area contributed by atoms with E-state index in [1.807, 2.05) is 12.2 Å². The second-order valence-electron chi connectivity index (χ2n) is 10.9. The monoisotopic (exact) mass is 587 g/mol. The van der Waals surface area contributed by atoms with E-state index in [2.05, 4.69) is 80.5 Å². The van der Waals surface area contributed by atoms with Crippen molar-refractivity contribution in [3.05, 3.63) is 79.2 Å². The van der Waals surface area contributed by atoms with E-state index in [9.17, 15) is 4.79 Å². The molecule has 2 aromatic heterocycles. The van der Waals surface area contributed by atoms with Gasteiger partial charge in [-0.2, -0.15) is 0 Å². The molecule has 0 unspecified atom stereocenters. The van der Waals surface area contributed by atoms with Gasteiger partial charge in [0.05, 0.1) is 12.0 Å². The number of ether oxygens (including phenoxy) is 1. The summed E-state index contributed by atoms with van der Waals surface area (Å²) in [5, 5.41) is 12.9. The number of carbonyl (C=O) groups is 1. The van der Waals surface area contributed by atoms with Crippen LogP contribution >= 0.6 is 0 Å². The summed E-state index contributed by atoms with van der Waals surface area (Å²) >= 11 is 0. The Bertz CT molecular complexity index is 1360. The van der Waals surface area contributed by atoms with Crippen LogP contribution in [0.3, 0.4) is 0 Å². The highest BCUT2D eigenvalue weighted by atomic mass is 16.5. The number of aromatic nitrogens is 3. The van der Waals surface area contributed by atoms with Crippen molar-refractivity contribution in [3.8, 4) is 11.3 Å². The molecule has 3 heterocycles. The highest BCUT2D eigenvalue weighted by Gasteiger charge is 2.17. The zero-order chi connectivity index (χ0) is 30.4. The SMILES string of the molecule is C=C/C=C(\C=C)[C@@H](C)Nc1ncnc2[nH]c(-c3ccc(CN4CCN(CCOCCCCCC(=O)NO)CC4)cc3)cc12. The molecular weight excluding hydrogens is 542 g/mol. The number of unbranched alkanes of at least 4 members (excludes halogenated alkanes) is 2. The average molecular weight is 588 g/mol. The fourth-order valence-electron chi connectivity index (χ4n) is 5.26. The largest absolute Gasteiger partial charge is 0.380 e. The van der Waals surface area contributed by atoms with Gasteiger partial charge < -0.3 is 15.0 Å². The van der Waals surface area contributed by atoms with Crippen molar-refractivity contribution in [1.29, 1.82) is 0 Å². The van der Waals surface area contributed by atoms with Crippen LogP contribution in [0.4, 0.5) is 5.82 Å². The van der Waals surface area contributed by atoms with Gasteiger partial charge in [-0.15, -0.1) is 0 Å². The van der Waals surface area contributed by atoms with Crippen molar-refractivity contribution < 1.29 is 14.7 Å². The normalized spacial score (nSPS) is 15.3. The third-order valence-corrected chi connectivity index (χ3v) is 7.83. The van der Waals surface area contributed by atoms with Crippen molar-refractivity contribution in [2.75, 3.05) is 51.3 Å². The lowest BCUT2D eigenvalue weighted by Crippen LogP contribution is -2.46. The van der Waals surface area contributed by atoms with Gasteiger partial charge in [-0.05, 0) is 42.5 Å². The number of allylic oxidation sites excluding steroid dienone is 2. The molecule has 10 nitrogen and oxygen atoms in total. The number of nitrogens with one attached hydrogen (secondary N) is 3. The molecule has 0 bridgehead atoms. The molecule has 43 heavy (non-hydrogen) atoms. The van der Waals surface area contributed by atoms with Crippen molar-refractivity contribution >= 4 is 22.8 Å². The Hall–Kier alpha value is -3.83. The van der Waals surface area contributed by atoms with Crippen LogP contribution < -0.4 is 10.8 Å². The Kier molecular flexibility index (Phi) is 12.5. The number of nitrogens with zero attached hydrogens (tertiary/aromatic N) is 4. The fourth-order valence-corrected chi connectivity index (χ4v) is 5.26. The van der Waals surface area contributed by atoms with E-state index in [0.29, 0.717) is 13.0 Å². The first-order valence-electron chi connectivity index (χ1n) is 15.1. The van der Waals surface area contributed by atoms with Crippen molar-refractivity contribution in [2.45, 2.75) is 45.2 Å². The minimum atomic E-state index is -0.327. The van der Waals surface area contributed by atoms with Crippen LogP contribution in [0.25, 0.3) is 22.3 Å². The first kappa shape index (κ1) is 32.1. The number of fused-ring (bicyclic) bond motifs is 1. The summed E-state index contributed by atoms with van der Waals surface area (Å²) in [6, 6.07) is 10.9. The van der Waals surface area contributed by atoms with Crippen LogP contribution in [-0.2, 0) is 16.1 Å². The van der Waals surface area contributed by atoms with Gasteiger partial charge in [0.2, 0.25) is 5.91 Å². The van der Waals surface area contributed by atoms with Crippen molar-refractivity contribution in [3.63, 3.8) is 0 Å². The average Bonchev–Trinajstić information content (AvgIpc) is 3.47. The molecule has 10 heteroatoms. The van der Waals surface area contributed by atoms with Gasteiger partial charge in [0.15, 0.2) is 0 Å².